The van der Waals surface area contributed by atoms with Crippen molar-refractivity contribution in [2.75, 3.05) is 0 Å². The molecule has 0 aliphatic carbocycles. The summed E-state index contributed by atoms with van der Waals surface area (Å²) in [5, 5.41) is 6.37. The standard InChI is InChI=1S/C7H8F3N3.ClH/c1-4(11)5-2-3-6(13-12-5)7(8,9)10;/h2-4H,11H2,1H3;1H/t4-;/m0./s1. The molecule has 0 bridgehead atoms. The van der Waals surface area contributed by atoms with Crippen LogP contribution in [-0.2, 0) is 6.18 Å². The molecule has 80 valence electrons. The first kappa shape index (κ1) is 13.1. The van der Waals surface area contributed by atoms with Gasteiger partial charge in [0.15, 0.2) is 5.69 Å². The normalized spacial score (nSPS) is 13.2. The number of rotatable bonds is 1. The van der Waals surface area contributed by atoms with Gasteiger partial charge in [-0.1, -0.05) is 0 Å². The minimum absolute atomic E-state index is 0. The Morgan fingerprint density at radius 3 is 2.14 bits per heavy atom. The highest BCUT2D eigenvalue weighted by molar-refractivity contribution is 5.85. The molecule has 1 rings (SSSR count). The van der Waals surface area contributed by atoms with Crippen LogP contribution in [0, 0.1) is 0 Å². The van der Waals surface area contributed by atoms with Gasteiger partial charge in [0.2, 0.25) is 0 Å². The first-order valence-corrected chi connectivity index (χ1v) is 3.57. The van der Waals surface area contributed by atoms with E-state index in [1.165, 1.54) is 6.07 Å². The topological polar surface area (TPSA) is 51.8 Å². The Morgan fingerprint density at radius 1 is 1.29 bits per heavy atom. The van der Waals surface area contributed by atoms with E-state index in [9.17, 15) is 13.2 Å². The van der Waals surface area contributed by atoms with Crippen LogP contribution < -0.4 is 5.73 Å². The summed E-state index contributed by atoms with van der Waals surface area (Å²) in [5.41, 5.74) is 4.73. The van der Waals surface area contributed by atoms with E-state index in [1.54, 1.807) is 6.92 Å². The van der Waals surface area contributed by atoms with Crippen molar-refractivity contribution < 1.29 is 13.2 Å². The molecule has 0 saturated heterocycles. The Hall–Kier alpha value is -0.880. The van der Waals surface area contributed by atoms with Gasteiger partial charge in [-0.15, -0.1) is 17.5 Å². The molecule has 14 heavy (non-hydrogen) atoms. The van der Waals surface area contributed by atoms with Gasteiger partial charge in [0.05, 0.1) is 5.69 Å². The maximum absolute atomic E-state index is 12.0. The van der Waals surface area contributed by atoms with Crippen LogP contribution in [0.3, 0.4) is 0 Å². The fraction of sp³-hybridized carbons (Fsp3) is 0.429. The van der Waals surface area contributed by atoms with E-state index in [1.807, 2.05) is 0 Å². The third kappa shape index (κ3) is 3.12. The van der Waals surface area contributed by atoms with Gasteiger partial charge in [-0.05, 0) is 19.1 Å². The minimum Gasteiger partial charge on any atom is -0.323 e. The van der Waals surface area contributed by atoms with Crippen LogP contribution in [0.5, 0.6) is 0 Å². The average Bonchev–Trinajstić information content (AvgIpc) is 2.03. The van der Waals surface area contributed by atoms with Crippen LogP contribution in [0.2, 0.25) is 0 Å². The smallest absolute Gasteiger partial charge is 0.323 e. The summed E-state index contributed by atoms with van der Waals surface area (Å²) in [4.78, 5) is 0. The molecule has 7 heteroatoms. The molecule has 0 saturated carbocycles. The zero-order valence-electron chi connectivity index (χ0n) is 7.25. The van der Waals surface area contributed by atoms with Crippen molar-refractivity contribution in [2.45, 2.75) is 19.1 Å². The summed E-state index contributed by atoms with van der Waals surface area (Å²) in [6.07, 6.45) is -4.44. The Morgan fingerprint density at radius 2 is 1.86 bits per heavy atom. The van der Waals surface area contributed by atoms with E-state index in [4.69, 9.17) is 5.73 Å². The molecule has 0 spiro atoms. The van der Waals surface area contributed by atoms with E-state index in [0.717, 1.165) is 6.07 Å². The van der Waals surface area contributed by atoms with Crippen molar-refractivity contribution in [1.82, 2.24) is 10.2 Å². The lowest BCUT2D eigenvalue weighted by Gasteiger charge is -2.06. The highest BCUT2D eigenvalue weighted by atomic mass is 35.5. The van der Waals surface area contributed by atoms with Gasteiger partial charge >= 0.3 is 6.18 Å². The molecular weight excluding hydrogens is 219 g/mol. The van der Waals surface area contributed by atoms with E-state index >= 15 is 0 Å². The lowest BCUT2D eigenvalue weighted by Crippen LogP contribution is -2.13. The van der Waals surface area contributed by atoms with Gasteiger partial charge < -0.3 is 5.73 Å². The second kappa shape index (κ2) is 4.56. The summed E-state index contributed by atoms with van der Waals surface area (Å²) in [7, 11) is 0. The molecule has 0 aromatic carbocycles. The molecule has 0 unspecified atom stereocenters. The summed E-state index contributed by atoms with van der Waals surface area (Å²) >= 11 is 0. The molecular formula is C7H9ClF3N3. The van der Waals surface area contributed by atoms with Crippen molar-refractivity contribution in [3.05, 3.63) is 23.5 Å². The first-order valence-electron chi connectivity index (χ1n) is 3.57. The highest BCUT2D eigenvalue weighted by Crippen LogP contribution is 2.26. The van der Waals surface area contributed by atoms with Crippen LogP contribution in [0.25, 0.3) is 0 Å². The molecule has 0 aliphatic rings. The lowest BCUT2D eigenvalue weighted by molar-refractivity contribution is -0.141. The number of hydrogen-bond acceptors (Lipinski definition) is 3. The van der Waals surface area contributed by atoms with Crippen molar-refractivity contribution in [1.29, 1.82) is 0 Å². The predicted octanol–water partition coefficient (Wildman–Crippen LogP) is 1.94. The Bertz CT molecular complexity index is 283. The fourth-order valence-electron chi connectivity index (χ4n) is 0.737. The van der Waals surface area contributed by atoms with Crippen molar-refractivity contribution >= 4 is 12.4 Å². The Kier molecular flexibility index (Phi) is 4.28. The Balaban J connectivity index is 0.00000169. The summed E-state index contributed by atoms with van der Waals surface area (Å²) in [6, 6.07) is 1.68. The zero-order valence-corrected chi connectivity index (χ0v) is 8.06. The number of halogens is 4. The van der Waals surface area contributed by atoms with Gasteiger partial charge in [0.1, 0.15) is 0 Å². The molecule has 1 aromatic heterocycles. The number of aromatic nitrogens is 2. The molecule has 0 radical (unpaired) electrons. The van der Waals surface area contributed by atoms with Crippen molar-refractivity contribution in [3.63, 3.8) is 0 Å². The molecule has 1 aromatic rings. The van der Waals surface area contributed by atoms with Crippen LogP contribution in [0.1, 0.15) is 24.4 Å². The van der Waals surface area contributed by atoms with E-state index in [2.05, 4.69) is 10.2 Å². The highest BCUT2D eigenvalue weighted by Gasteiger charge is 2.32. The monoisotopic (exact) mass is 227 g/mol. The maximum atomic E-state index is 12.0. The molecule has 0 aliphatic heterocycles. The van der Waals surface area contributed by atoms with E-state index in [-0.39, 0.29) is 12.4 Å². The van der Waals surface area contributed by atoms with Gasteiger partial charge in [0.25, 0.3) is 0 Å². The molecule has 2 N–H and O–H groups in total. The molecule has 0 fully saturated rings. The van der Waals surface area contributed by atoms with Crippen LogP contribution in [0.15, 0.2) is 12.1 Å². The van der Waals surface area contributed by atoms with Crippen LogP contribution >= 0.6 is 12.4 Å². The van der Waals surface area contributed by atoms with Gasteiger partial charge in [-0.25, -0.2) is 0 Å². The summed E-state index contributed by atoms with van der Waals surface area (Å²) in [5.74, 6) is 0. The van der Waals surface area contributed by atoms with Gasteiger partial charge in [-0.3, -0.25) is 0 Å². The molecule has 0 amide bonds. The zero-order chi connectivity index (χ0) is 10.1. The minimum atomic E-state index is -4.44. The molecule has 1 heterocycles. The van der Waals surface area contributed by atoms with E-state index < -0.39 is 17.9 Å². The quantitative estimate of drug-likeness (QED) is 0.798. The largest absolute Gasteiger partial charge is 0.435 e. The SMILES string of the molecule is C[C@H](N)c1ccc(C(F)(F)F)nn1.Cl. The second-order valence-electron chi connectivity index (χ2n) is 2.63. The van der Waals surface area contributed by atoms with Crippen LogP contribution in [-0.4, -0.2) is 10.2 Å². The van der Waals surface area contributed by atoms with Gasteiger partial charge in [-0.2, -0.15) is 18.3 Å². The van der Waals surface area contributed by atoms with Crippen molar-refractivity contribution in [2.24, 2.45) is 5.73 Å². The third-order valence-corrected chi connectivity index (χ3v) is 1.44. The van der Waals surface area contributed by atoms with Crippen molar-refractivity contribution in [3.8, 4) is 0 Å². The lowest BCUT2D eigenvalue weighted by atomic mass is 10.2. The summed E-state index contributed by atoms with van der Waals surface area (Å²) in [6.45, 7) is 1.62. The second-order valence-corrected chi connectivity index (χ2v) is 2.63. The third-order valence-electron chi connectivity index (χ3n) is 1.44. The van der Waals surface area contributed by atoms with Crippen LogP contribution in [0.4, 0.5) is 13.2 Å². The number of nitrogens with two attached hydrogens (primary N) is 1. The number of alkyl halides is 3. The predicted molar refractivity (Wildman–Crippen MR) is 46.9 cm³/mol. The van der Waals surface area contributed by atoms with E-state index in [0.29, 0.717) is 5.69 Å². The first-order chi connectivity index (χ1) is 5.91. The average molecular weight is 228 g/mol. The number of nitrogens with zero attached hydrogens (tertiary/aromatic N) is 2. The maximum Gasteiger partial charge on any atom is 0.435 e. The molecule has 3 nitrogen and oxygen atoms in total. The Labute approximate surface area is 84.9 Å². The summed E-state index contributed by atoms with van der Waals surface area (Å²) < 4.78 is 36.0. The van der Waals surface area contributed by atoms with Gasteiger partial charge in [0, 0.05) is 6.04 Å². The number of hydrogen-bond donors (Lipinski definition) is 1. The fourth-order valence-corrected chi connectivity index (χ4v) is 0.737. The molecule has 1 atom stereocenters.